The Kier molecular flexibility index (Phi) is 8.99. The van der Waals surface area contributed by atoms with Crippen LogP contribution in [-0.4, -0.2) is 9.52 Å². The third-order valence-electron chi connectivity index (χ3n) is 10.4. The summed E-state index contributed by atoms with van der Waals surface area (Å²) >= 11 is -4.20. The van der Waals surface area contributed by atoms with Crippen LogP contribution in [-0.2, 0) is 35.1 Å². The molecule has 48 heavy (non-hydrogen) atoms. The van der Waals surface area contributed by atoms with Crippen molar-refractivity contribution in [2.24, 2.45) is 0 Å². The van der Waals surface area contributed by atoms with Crippen molar-refractivity contribution < 1.29 is 17.9 Å². The second-order valence-corrected chi connectivity index (χ2v) is 31.7. The van der Waals surface area contributed by atoms with Crippen LogP contribution in [0.5, 0.6) is 0 Å². The van der Waals surface area contributed by atoms with Gasteiger partial charge in [0.15, 0.2) is 0 Å². The van der Waals surface area contributed by atoms with E-state index in [1.807, 2.05) is 0 Å². The first-order valence-corrected chi connectivity index (χ1v) is 27.9. The summed E-state index contributed by atoms with van der Waals surface area (Å²) in [7, 11) is 15.5. The number of hydrogen-bond acceptors (Lipinski definition) is 0. The first-order chi connectivity index (χ1) is 22.8. The van der Waals surface area contributed by atoms with Gasteiger partial charge in [-0.3, -0.25) is 0 Å². The molecule has 5 aromatic rings. The van der Waals surface area contributed by atoms with Gasteiger partial charge in [-0.25, -0.2) is 0 Å². The SMILES string of the molecule is CCCc1ccc2c(c1-c1cc(C(C)(C)C)cc(C(C)(C)C)c1)C=C(c1ccccc1)[CH]2[Zr]([Cl])([Cl])[c]1cccc2c1[SiH2]c1ccccc1-2. The van der Waals surface area contributed by atoms with Crippen LogP contribution in [0, 0.1) is 0 Å². The molecule has 0 amide bonds. The van der Waals surface area contributed by atoms with Crippen LogP contribution in [0.3, 0.4) is 0 Å². The van der Waals surface area contributed by atoms with Gasteiger partial charge in [0.25, 0.3) is 0 Å². The molecule has 7 rings (SSSR count). The summed E-state index contributed by atoms with van der Waals surface area (Å²) in [6.07, 6.45) is 4.58. The Morgan fingerprint density at radius 2 is 1.33 bits per heavy atom. The van der Waals surface area contributed by atoms with E-state index in [1.165, 1.54) is 74.9 Å². The summed E-state index contributed by atoms with van der Waals surface area (Å²) < 4.78 is 1.25. The molecule has 1 unspecified atom stereocenters. The molecular weight excluding hydrogens is 719 g/mol. The molecule has 0 radical (unpaired) electrons. The number of benzene rings is 5. The van der Waals surface area contributed by atoms with E-state index >= 15 is 0 Å². The van der Waals surface area contributed by atoms with Crippen molar-refractivity contribution in [3.8, 4) is 22.3 Å². The van der Waals surface area contributed by atoms with Crippen LogP contribution in [0.4, 0.5) is 0 Å². The molecule has 5 aromatic carbocycles. The Morgan fingerprint density at radius 1 is 0.688 bits per heavy atom. The van der Waals surface area contributed by atoms with Crippen molar-refractivity contribution in [2.45, 2.75) is 75.8 Å². The first kappa shape index (κ1) is 34.0. The van der Waals surface area contributed by atoms with Gasteiger partial charge in [0.2, 0.25) is 0 Å². The summed E-state index contributed by atoms with van der Waals surface area (Å²) in [5.74, 6) is 0. The van der Waals surface area contributed by atoms with Crippen molar-refractivity contribution in [1.29, 1.82) is 0 Å². The molecular formula is C44H46Cl2SiZr. The summed E-state index contributed by atoms with van der Waals surface area (Å²) in [5, 5.41) is 2.97. The molecule has 2 aliphatic rings. The van der Waals surface area contributed by atoms with E-state index in [0.29, 0.717) is 0 Å². The zero-order valence-electron chi connectivity index (χ0n) is 29.3. The fourth-order valence-corrected chi connectivity index (χ4v) is 24.3. The van der Waals surface area contributed by atoms with E-state index in [9.17, 15) is 0 Å². The monoisotopic (exact) mass is 762 g/mol. The molecule has 0 bridgehead atoms. The summed E-state index contributed by atoms with van der Waals surface area (Å²) in [6.45, 7) is 16.3. The Morgan fingerprint density at radius 3 is 2.00 bits per heavy atom. The van der Waals surface area contributed by atoms with Gasteiger partial charge in [0.1, 0.15) is 0 Å². The number of allylic oxidation sites excluding steroid dienone is 1. The van der Waals surface area contributed by atoms with E-state index in [1.54, 1.807) is 0 Å². The summed E-state index contributed by atoms with van der Waals surface area (Å²) in [5.41, 5.74) is 14.7. The second kappa shape index (κ2) is 12.7. The number of hydrogen-bond donors (Lipinski definition) is 0. The molecule has 0 N–H and O–H groups in total. The molecule has 1 aliphatic carbocycles. The Bertz CT molecular complexity index is 2030. The molecule has 1 heterocycles. The van der Waals surface area contributed by atoms with Gasteiger partial charge in [-0.2, -0.15) is 0 Å². The zero-order chi connectivity index (χ0) is 34.0. The van der Waals surface area contributed by atoms with E-state index in [2.05, 4.69) is 158 Å². The number of fused-ring (bicyclic) bond motifs is 4. The second-order valence-electron chi connectivity index (χ2n) is 15.8. The van der Waals surface area contributed by atoms with Crippen molar-refractivity contribution in [3.05, 3.63) is 137 Å². The molecule has 0 fully saturated rings. The maximum atomic E-state index is 8.09. The van der Waals surface area contributed by atoms with Crippen LogP contribution in [0.15, 0.2) is 103 Å². The van der Waals surface area contributed by atoms with Crippen molar-refractivity contribution in [2.75, 3.05) is 0 Å². The predicted molar refractivity (Wildman–Crippen MR) is 211 cm³/mol. The van der Waals surface area contributed by atoms with Gasteiger partial charge in [0, 0.05) is 0 Å². The van der Waals surface area contributed by atoms with Gasteiger partial charge in [-0.15, -0.1) is 0 Å². The minimum absolute atomic E-state index is 0.0217. The van der Waals surface area contributed by atoms with Gasteiger partial charge >= 0.3 is 304 Å². The van der Waals surface area contributed by atoms with Gasteiger partial charge in [-0.1, -0.05) is 0 Å². The first-order valence-electron chi connectivity index (χ1n) is 17.5. The van der Waals surface area contributed by atoms with E-state index in [-0.39, 0.29) is 14.5 Å². The average Bonchev–Trinajstić information content (AvgIpc) is 3.63. The Balaban J connectivity index is 1.49. The maximum absolute atomic E-state index is 8.09. The third-order valence-corrected chi connectivity index (χ3v) is 24.6. The van der Waals surface area contributed by atoms with E-state index < -0.39 is 27.4 Å². The van der Waals surface area contributed by atoms with Crippen LogP contribution in [0.2, 0.25) is 0 Å². The third kappa shape index (κ3) is 6.00. The van der Waals surface area contributed by atoms with Gasteiger partial charge < -0.3 is 0 Å². The number of halogens is 2. The molecule has 1 atom stereocenters. The van der Waals surface area contributed by atoms with Crippen LogP contribution < -0.4 is 13.6 Å². The predicted octanol–water partition coefficient (Wildman–Crippen LogP) is 10.4. The topological polar surface area (TPSA) is 0 Å². The molecule has 1 aliphatic heterocycles. The Hall–Kier alpha value is -2.48. The molecule has 244 valence electrons. The van der Waals surface area contributed by atoms with E-state index in [0.717, 1.165) is 12.8 Å². The molecule has 0 aromatic heterocycles. The molecule has 0 nitrogen and oxygen atoms in total. The van der Waals surface area contributed by atoms with Crippen molar-refractivity contribution >= 4 is 51.8 Å². The zero-order valence-corrected chi connectivity index (χ0v) is 34.7. The summed E-state index contributed by atoms with van der Waals surface area (Å²) in [6, 6.07) is 38.7. The Labute approximate surface area is 302 Å². The standard InChI is InChI=1S/C32H37.C12H9Si.2ClH.Zr/c1-8-12-23-15-16-24-17-25(22-13-10-9-11-14-22)20-29(24)30(23)26-18-27(31(2,3)4)21-28(19-26)32(5,6)7;1-3-7-11-9(5-1)10-6-2-4-8-12(10)13-11;;;/h9-11,13-21H,8,12H2,1-7H3;1-7H,13H2;2*1H;/q;;;;+2/p-2. The molecule has 0 spiro atoms. The summed E-state index contributed by atoms with van der Waals surface area (Å²) in [4.78, 5) is 0. The average molecular weight is 765 g/mol. The van der Waals surface area contributed by atoms with Gasteiger partial charge in [-0.05, 0) is 0 Å². The molecule has 4 heteroatoms. The number of aryl methyl sites for hydroxylation is 1. The minimum atomic E-state index is -4.20. The van der Waals surface area contributed by atoms with Crippen LogP contribution in [0.1, 0.15) is 91.9 Å². The van der Waals surface area contributed by atoms with Crippen LogP contribution in [0.25, 0.3) is 33.9 Å². The quantitative estimate of drug-likeness (QED) is 0.148. The van der Waals surface area contributed by atoms with Crippen LogP contribution >= 0.6 is 17.0 Å². The van der Waals surface area contributed by atoms with Crippen molar-refractivity contribution in [3.63, 3.8) is 0 Å². The molecule has 0 saturated carbocycles. The normalized spacial score (nSPS) is 16.1. The molecule has 0 saturated heterocycles. The number of rotatable bonds is 6. The van der Waals surface area contributed by atoms with Crippen molar-refractivity contribution in [1.82, 2.24) is 0 Å². The van der Waals surface area contributed by atoms with Gasteiger partial charge in [0.05, 0.1) is 0 Å². The fraction of sp³-hybridized carbons (Fsp3) is 0.273. The van der Waals surface area contributed by atoms with E-state index in [4.69, 9.17) is 17.0 Å². The fourth-order valence-electron chi connectivity index (χ4n) is 7.85.